The van der Waals surface area contributed by atoms with Gasteiger partial charge in [0.1, 0.15) is 12.4 Å². The van der Waals surface area contributed by atoms with Gasteiger partial charge in [-0.15, -0.1) is 0 Å². The molecule has 1 N–H and O–H groups in total. The molecule has 0 saturated carbocycles. The van der Waals surface area contributed by atoms with Crippen molar-refractivity contribution in [3.05, 3.63) is 134 Å². The molecule has 5 heteroatoms. The Morgan fingerprint density at radius 1 is 1.03 bits per heavy atom. The first kappa shape index (κ1) is 25.0. The Morgan fingerprint density at radius 2 is 1.89 bits per heavy atom. The van der Waals surface area contributed by atoms with E-state index in [4.69, 9.17) is 21.3 Å². The average molecular weight is 584 g/mol. The minimum atomic E-state index is 0.290. The van der Waals surface area contributed by atoms with Gasteiger partial charge in [-0.05, 0) is 106 Å². The van der Waals surface area contributed by atoms with Crippen LogP contribution in [0.25, 0.3) is 0 Å². The number of halogens is 2. The van der Waals surface area contributed by atoms with Gasteiger partial charge in [-0.25, -0.2) is 0 Å². The number of ether oxygens (including phenoxy) is 1. The van der Waals surface area contributed by atoms with E-state index in [2.05, 4.69) is 82.8 Å². The summed E-state index contributed by atoms with van der Waals surface area (Å²) in [6, 6.07) is 29.3. The highest BCUT2D eigenvalue weighted by atomic mass is 79.9. The zero-order valence-corrected chi connectivity index (χ0v) is 23.4. The molecule has 4 aromatic rings. The van der Waals surface area contributed by atoms with Crippen LogP contribution >= 0.6 is 27.5 Å². The number of allylic oxidation sites excluding steroid dienone is 2. The van der Waals surface area contributed by atoms with Crippen LogP contribution in [0.2, 0.25) is 5.02 Å². The van der Waals surface area contributed by atoms with Crippen molar-refractivity contribution >= 4 is 45.1 Å². The molecule has 190 valence electrons. The number of aliphatic imine (C=N–C) groups is 1. The highest BCUT2D eigenvalue weighted by Crippen LogP contribution is 2.50. The molecule has 1 aliphatic carbocycles. The molecule has 0 radical (unpaired) electrons. The van der Waals surface area contributed by atoms with Crippen LogP contribution in [0.5, 0.6) is 5.75 Å². The molecular formula is C33H28BrClN2O. The van der Waals surface area contributed by atoms with Crippen LogP contribution in [-0.2, 0) is 6.61 Å². The molecule has 0 aromatic heterocycles. The third-order valence-electron chi connectivity index (χ3n) is 7.37. The first-order chi connectivity index (χ1) is 18.5. The van der Waals surface area contributed by atoms with Crippen molar-refractivity contribution in [2.24, 2.45) is 10.9 Å². The minimum Gasteiger partial charge on any atom is -0.488 e. The largest absolute Gasteiger partial charge is 0.488 e. The van der Waals surface area contributed by atoms with Crippen LogP contribution in [0, 0.1) is 12.8 Å². The van der Waals surface area contributed by atoms with Gasteiger partial charge < -0.3 is 10.1 Å². The zero-order chi connectivity index (χ0) is 26.1. The Kier molecular flexibility index (Phi) is 7.10. The maximum atomic E-state index is 6.07. The lowest BCUT2D eigenvalue weighted by Crippen LogP contribution is -2.29. The Balaban J connectivity index is 1.13. The predicted molar refractivity (Wildman–Crippen MR) is 161 cm³/mol. The number of hydrogen-bond donors (Lipinski definition) is 1. The van der Waals surface area contributed by atoms with E-state index in [0.717, 1.165) is 33.5 Å². The van der Waals surface area contributed by atoms with Crippen molar-refractivity contribution in [2.45, 2.75) is 31.9 Å². The second-order valence-electron chi connectivity index (χ2n) is 10.0. The van der Waals surface area contributed by atoms with Crippen molar-refractivity contribution in [2.75, 3.05) is 5.32 Å². The predicted octanol–water partition coefficient (Wildman–Crippen LogP) is 9.57. The second kappa shape index (κ2) is 10.8. The molecule has 4 aromatic carbocycles. The van der Waals surface area contributed by atoms with E-state index in [1.165, 1.54) is 22.4 Å². The van der Waals surface area contributed by atoms with E-state index in [0.29, 0.717) is 29.5 Å². The van der Waals surface area contributed by atoms with Crippen LogP contribution in [0.3, 0.4) is 0 Å². The zero-order valence-electron chi connectivity index (χ0n) is 21.1. The number of nitrogens with one attached hydrogen (secondary N) is 1. The molecule has 0 saturated heterocycles. The molecule has 38 heavy (non-hydrogen) atoms. The number of hydrogen-bond acceptors (Lipinski definition) is 3. The van der Waals surface area contributed by atoms with Crippen molar-refractivity contribution < 1.29 is 4.74 Å². The molecule has 1 heterocycles. The molecule has 0 bridgehead atoms. The summed E-state index contributed by atoms with van der Waals surface area (Å²) in [5.41, 5.74) is 8.25. The number of nitrogens with zero attached hydrogens (tertiary/aromatic N) is 1. The van der Waals surface area contributed by atoms with Gasteiger partial charge in [-0.1, -0.05) is 65.7 Å². The van der Waals surface area contributed by atoms with Crippen molar-refractivity contribution in [1.29, 1.82) is 0 Å². The summed E-state index contributed by atoms with van der Waals surface area (Å²) in [5, 5.41) is 4.53. The van der Waals surface area contributed by atoms with E-state index in [1.807, 2.05) is 48.7 Å². The van der Waals surface area contributed by atoms with Crippen LogP contribution in [0.4, 0.5) is 11.4 Å². The third-order valence-corrected chi connectivity index (χ3v) is 8.23. The van der Waals surface area contributed by atoms with Gasteiger partial charge in [-0.3, -0.25) is 4.99 Å². The number of rotatable bonds is 6. The SMILES string of the molecule is Cc1ccc2c(c1)[C@@H]1C=CC[C@@H]1[C@@H](c1ccc(N=Cc3ccc(OCc4cccc(Cl)c4)c(Br)c3)cc1)N2. The number of benzene rings is 4. The van der Waals surface area contributed by atoms with Crippen LogP contribution in [0.1, 0.15) is 46.2 Å². The lowest BCUT2D eigenvalue weighted by molar-refractivity contribution is 0.304. The number of fused-ring (bicyclic) bond motifs is 3. The summed E-state index contributed by atoms with van der Waals surface area (Å²) in [7, 11) is 0. The summed E-state index contributed by atoms with van der Waals surface area (Å²) in [6.45, 7) is 2.63. The Hall–Kier alpha value is -3.34. The molecule has 0 fully saturated rings. The highest BCUT2D eigenvalue weighted by Gasteiger charge is 2.37. The van der Waals surface area contributed by atoms with E-state index in [-0.39, 0.29) is 0 Å². The molecule has 6 rings (SSSR count). The smallest absolute Gasteiger partial charge is 0.134 e. The maximum Gasteiger partial charge on any atom is 0.134 e. The fraction of sp³-hybridized carbons (Fsp3) is 0.182. The average Bonchev–Trinajstić information content (AvgIpc) is 3.42. The molecule has 0 unspecified atom stereocenters. The van der Waals surface area contributed by atoms with E-state index in [9.17, 15) is 0 Å². The third kappa shape index (κ3) is 5.29. The van der Waals surface area contributed by atoms with Gasteiger partial charge in [-0.2, -0.15) is 0 Å². The van der Waals surface area contributed by atoms with E-state index < -0.39 is 0 Å². The van der Waals surface area contributed by atoms with Crippen molar-refractivity contribution in [3.63, 3.8) is 0 Å². The minimum absolute atomic E-state index is 0.290. The highest BCUT2D eigenvalue weighted by molar-refractivity contribution is 9.10. The van der Waals surface area contributed by atoms with Gasteiger partial charge in [0.05, 0.1) is 16.2 Å². The summed E-state index contributed by atoms with van der Waals surface area (Å²) in [5.74, 6) is 1.79. The molecule has 2 aliphatic rings. The molecule has 0 amide bonds. The Labute approximate surface area is 237 Å². The van der Waals surface area contributed by atoms with E-state index in [1.54, 1.807) is 0 Å². The molecule has 3 nitrogen and oxygen atoms in total. The van der Waals surface area contributed by atoms with Gasteiger partial charge in [0.25, 0.3) is 0 Å². The number of aryl methyl sites for hydroxylation is 1. The topological polar surface area (TPSA) is 33.6 Å². The standard InChI is InChI=1S/C33H28BrClN2O/c1-21-8-14-31-29(16-21)27-6-3-7-28(27)33(37-31)24-10-12-26(13-11-24)36-19-22-9-15-32(30(34)18-22)38-20-23-4-2-5-25(35)17-23/h2-6,8-19,27-28,33,37H,7,20H2,1H3/t27-,28+,33-/m1/s1. The Morgan fingerprint density at radius 3 is 2.71 bits per heavy atom. The van der Waals surface area contributed by atoms with Crippen molar-refractivity contribution in [1.82, 2.24) is 0 Å². The quantitative estimate of drug-likeness (QED) is 0.181. The van der Waals surface area contributed by atoms with Gasteiger partial charge >= 0.3 is 0 Å². The molecule has 0 spiro atoms. The van der Waals surface area contributed by atoms with Crippen LogP contribution < -0.4 is 10.1 Å². The van der Waals surface area contributed by atoms with Gasteiger partial charge in [0.2, 0.25) is 0 Å². The summed E-state index contributed by atoms with van der Waals surface area (Å²) in [4.78, 5) is 4.71. The first-order valence-corrected chi connectivity index (χ1v) is 14.1. The molecular weight excluding hydrogens is 556 g/mol. The maximum absolute atomic E-state index is 6.07. The summed E-state index contributed by atoms with van der Waals surface area (Å²) < 4.78 is 6.85. The lowest BCUT2D eigenvalue weighted by Gasteiger charge is -2.37. The molecule has 3 atom stereocenters. The van der Waals surface area contributed by atoms with Crippen molar-refractivity contribution in [3.8, 4) is 5.75 Å². The Bertz CT molecular complexity index is 1530. The van der Waals surface area contributed by atoms with Gasteiger partial charge in [0.15, 0.2) is 0 Å². The molecule has 1 aliphatic heterocycles. The lowest BCUT2D eigenvalue weighted by atomic mass is 9.76. The van der Waals surface area contributed by atoms with E-state index >= 15 is 0 Å². The van der Waals surface area contributed by atoms with Crippen LogP contribution in [-0.4, -0.2) is 6.21 Å². The fourth-order valence-electron chi connectivity index (χ4n) is 5.46. The fourth-order valence-corrected chi connectivity index (χ4v) is 6.19. The second-order valence-corrected chi connectivity index (χ2v) is 11.3. The summed E-state index contributed by atoms with van der Waals surface area (Å²) in [6.07, 6.45) is 7.71. The normalized spacial score (nSPS) is 19.7. The van der Waals surface area contributed by atoms with Gasteiger partial charge in [0, 0.05) is 22.8 Å². The monoisotopic (exact) mass is 582 g/mol. The first-order valence-electron chi connectivity index (χ1n) is 12.9. The summed E-state index contributed by atoms with van der Waals surface area (Å²) >= 11 is 9.70. The number of anilines is 1. The van der Waals surface area contributed by atoms with Crippen LogP contribution in [0.15, 0.2) is 107 Å².